The van der Waals surface area contributed by atoms with E-state index in [9.17, 15) is 4.79 Å². The van der Waals surface area contributed by atoms with Crippen molar-refractivity contribution < 1.29 is 23.2 Å². The minimum atomic E-state index is -0.681. The molecule has 1 rings (SSSR count). The van der Waals surface area contributed by atoms with E-state index in [-0.39, 0.29) is 5.56 Å². The van der Waals surface area contributed by atoms with E-state index in [4.69, 9.17) is 15.3 Å². The van der Waals surface area contributed by atoms with Crippen LogP contribution in [0.5, 0.6) is 17.2 Å². The molecule has 1 aromatic rings. The first-order chi connectivity index (χ1) is 6.06. The molecule has 0 radical (unpaired) electrons. The third-order valence-corrected chi connectivity index (χ3v) is 1.86. The van der Waals surface area contributed by atoms with Crippen LogP contribution in [-0.2, 0) is 3.10 Å². The first-order valence-electron chi connectivity index (χ1n) is 3.17. The van der Waals surface area contributed by atoms with Crippen LogP contribution in [0.15, 0.2) is 12.1 Å². The number of carbonyl (C=O) groups excluding carboxylic acids is 1. The summed E-state index contributed by atoms with van der Waals surface area (Å²) in [6.07, 6.45) is 0. The number of phenolic OH excluding ortho intramolecular Hbond substituents is 3. The van der Waals surface area contributed by atoms with Crippen molar-refractivity contribution in [1.82, 2.24) is 0 Å². The SMILES string of the molecule is O=C(O[TeH])c1cc(O)c(O)c(O)c1. The van der Waals surface area contributed by atoms with Crippen LogP contribution >= 0.6 is 0 Å². The standard InChI is InChI=1S/C7H6O5Te/c8-4-1-3(7(11)12-13)2-5(9)6(4)10/h1-2,8-10,13H. The van der Waals surface area contributed by atoms with Gasteiger partial charge in [-0.2, -0.15) is 0 Å². The Balaban J connectivity index is 3.20. The molecule has 70 valence electrons. The topological polar surface area (TPSA) is 87.0 Å². The van der Waals surface area contributed by atoms with Crippen LogP contribution in [0.2, 0.25) is 0 Å². The molecule has 0 unspecified atom stereocenters. The van der Waals surface area contributed by atoms with Gasteiger partial charge in [0.2, 0.25) is 0 Å². The number of phenols is 3. The maximum absolute atomic E-state index is 10.9. The monoisotopic (exact) mass is 300 g/mol. The summed E-state index contributed by atoms with van der Waals surface area (Å²) in [6.45, 7) is 0. The van der Waals surface area contributed by atoms with Gasteiger partial charge in [-0.05, 0) is 0 Å². The molecule has 0 heterocycles. The van der Waals surface area contributed by atoms with Gasteiger partial charge >= 0.3 is 86.8 Å². The van der Waals surface area contributed by atoms with Gasteiger partial charge in [0.05, 0.1) is 0 Å². The van der Waals surface area contributed by atoms with Crippen molar-refractivity contribution >= 4 is 28.7 Å². The third kappa shape index (κ3) is 1.97. The molecule has 0 aliphatic carbocycles. The van der Waals surface area contributed by atoms with E-state index in [1.165, 1.54) is 0 Å². The van der Waals surface area contributed by atoms with Crippen LogP contribution in [0.1, 0.15) is 10.4 Å². The molecule has 5 nitrogen and oxygen atoms in total. The Hall–Kier alpha value is -1.12. The number of carbonyl (C=O) groups is 1. The van der Waals surface area contributed by atoms with E-state index in [1.54, 1.807) is 0 Å². The molecule has 1 aromatic carbocycles. The Morgan fingerprint density at radius 2 is 1.69 bits per heavy atom. The average molecular weight is 298 g/mol. The number of hydrogen-bond acceptors (Lipinski definition) is 5. The normalized spacial score (nSPS) is 9.62. The molecule has 0 saturated heterocycles. The number of hydrogen-bond donors (Lipinski definition) is 3. The van der Waals surface area contributed by atoms with E-state index >= 15 is 0 Å². The fourth-order valence-corrected chi connectivity index (χ4v) is 1.08. The van der Waals surface area contributed by atoms with E-state index < -0.39 is 23.2 Å². The summed E-state index contributed by atoms with van der Waals surface area (Å²) in [5.41, 5.74) is -0.0196. The van der Waals surface area contributed by atoms with Crippen molar-refractivity contribution in [3.8, 4) is 17.2 Å². The van der Waals surface area contributed by atoms with Crippen molar-refractivity contribution in [2.45, 2.75) is 0 Å². The molecular weight excluding hydrogens is 292 g/mol. The van der Waals surface area contributed by atoms with Crippen LogP contribution in [0.25, 0.3) is 0 Å². The van der Waals surface area contributed by atoms with Crippen molar-refractivity contribution in [2.75, 3.05) is 0 Å². The second-order valence-electron chi connectivity index (χ2n) is 2.24. The van der Waals surface area contributed by atoms with Crippen molar-refractivity contribution in [2.24, 2.45) is 0 Å². The Labute approximate surface area is 87.0 Å². The second kappa shape index (κ2) is 3.73. The third-order valence-electron chi connectivity index (χ3n) is 1.39. The molecule has 0 bridgehead atoms. The molecule has 0 fully saturated rings. The quantitative estimate of drug-likeness (QED) is 0.493. The Bertz CT molecular complexity index is 326. The molecule has 0 spiro atoms. The predicted octanol–water partition coefficient (Wildman–Crippen LogP) is -0.224. The zero-order valence-electron chi connectivity index (χ0n) is 6.26. The van der Waals surface area contributed by atoms with Crippen molar-refractivity contribution in [3.63, 3.8) is 0 Å². The molecule has 0 aliphatic rings. The summed E-state index contributed by atoms with van der Waals surface area (Å²) in [6, 6.07) is 2.02. The molecule has 0 amide bonds. The van der Waals surface area contributed by atoms with Gasteiger partial charge in [-0.25, -0.2) is 0 Å². The summed E-state index contributed by atoms with van der Waals surface area (Å²) < 4.78 is 4.39. The first kappa shape index (κ1) is 9.96. The number of benzene rings is 1. The van der Waals surface area contributed by atoms with Gasteiger partial charge in [-0.15, -0.1) is 0 Å². The summed E-state index contributed by atoms with van der Waals surface area (Å²) in [5.74, 6) is -2.46. The summed E-state index contributed by atoms with van der Waals surface area (Å²) in [5, 5.41) is 27.0. The molecule has 6 heteroatoms. The van der Waals surface area contributed by atoms with Gasteiger partial charge in [0.15, 0.2) is 0 Å². The van der Waals surface area contributed by atoms with Gasteiger partial charge in [0.25, 0.3) is 0 Å². The van der Waals surface area contributed by atoms with Gasteiger partial charge in [-0.3, -0.25) is 0 Å². The molecule has 3 N–H and O–H groups in total. The van der Waals surface area contributed by atoms with E-state index in [0.29, 0.717) is 0 Å². The second-order valence-corrected chi connectivity index (χ2v) is 2.76. The molecule has 13 heavy (non-hydrogen) atoms. The zero-order chi connectivity index (χ0) is 10.0. The Morgan fingerprint density at radius 3 is 2.08 bits per heavy atom. The Morgan fingerprint density at radius 1 is 1.23 bits per heavy atom. The minimum absolute atomic E-state index is 0.0196. The predicted molar refractivity (Wildman–Crippen MR) is 44.0 cm³/mol. The van der Waals surface area contributed by atoms with Crippen LogP contribution in [0.3, 0.4) is 0 Å². The van der Waals surface area contributed by atoms with Crippen molar-refractivity contribution in [3.05, 3.63) is 17.7 Å². The molecule has 0 aliphatic heterocycles. The van der Waals surface area contributed by atoms with Gasteiger partial charge in [-0.1, -0.05) is 0 Å². The molecular formula is C7H6O5Te. The van der Waals surface area contributed by atoms with E-state index in [2.05, 4.69) is 3.10 Å². The van der Waals surface area contributed by atoms with Crippen molar-refractivity contribution in [1.29, 1.82) is 0 Å². The first-order valence-corrected chi connectivity index (χ1v) is 4.21. The summed E-state index contributed by atoms with van der Waals surface area (Å²) in [4.78, 5) is 10.9. The maximum atomic E-state index is 10.9. The van der Waals surface area contributed by atoms with Gasteiger partial charge in [0, 0.05) is 0 Å². The summed E-state index contributed by atoms with van der Waals surface area (Å²) >= 11 is 0.830. The summed E-state index contributed by atoms with van der Waals surface area (Å²) in [7, 11) is 0. The van der Waals surface area contributed by atoms with Crippen LogP contribution in [0, 0.1) is 0 Å². The number of aromatic hydroxyl groups is 3. The van der Waals surface area contributed by atoms with Crippen LogP contribution in [-0.4, -0.2) is 44.0 Å². The fourth-order valence-electron chi connectivity index (χ4n) is 0.775. The molecule has 0 aromatic heterocycles. The van der Waals surface area contributed by atoms with E-state index in [0.717, 1.165) is 34.8 Å². The fraction of sp³-hybridized carbons (Fsp3) is 0. The zero-order valence-corrected chi connectivity index (χ0v) is 8.81. The van der Waals surface area contributed by atoms with Crippen LogP contribution in [0.4, 0.5) is 0 Å². The van der Waals surface area contributed by atoms with Gasteiger partial charge in [0.1, 0.15) is 0 Å². The van der Waals surface area contributed by atoms with E-state index in [1.807, 2.05) is 0 Å². The molecule has 0 saturated carbocycles. The molecule has 0 atom stereocenters. The number of rotatable bonds is 1. The Kier molecular flexibility index (Phi) is 2.86. The average Bonchev–Trinajstić information content (AvgIpc) is 2.12. The van der Waals surface area contributed by atoms with Crippen LogP contribution < -0.4 is 0 Å². The van der Waals surface area contributed by atoms with Gasteiger partial charge < -0.3 is 0 Å².